The third kappa shape index (κ3) is 3.94. The van der Waals surface area contributed by atoms with E-state index in [0.717, 1.165) is 29.5 Å². The molecule has 1 fully saturated rings. The lowest BCUT2D eigenvalue weighted by molar-refractivity contribution is 0.0785. The molecule has 1 amide bonds. The topological polar surface area (TPSA) is 53.4 Å². The van der Waals surface area contributed by atoms with E-state index in [2.05, 4.69) is 54.4 Å². The Balaban J connectivity index is 1.57. The van der Waals surface area contributed by atoms with Crippen LogP contribution in [0.3, 0.4) is 0 Å². The summed E-state index contributed by atoms with van der Waals surface area (Å²) in [6.45, 7) is 3.53. The molecule has 4 nitrogen and oxygen atoms in total. The lowest BCUT2D eigenvalue weighted by atomic mass is 9.89. The van der Waals surface area contributed by atoms with Crippen LogP contribution in [-0.4, -0.2) is 34.0 Å². The number of carbonyl (C=O) groups is 1. The fraction of sp³-hybridized carbons (Fsp3) is 0.280. The van der Waals surface area contributed by atoms with E-state index in [1.807, 2.05) is 17.0 Å². The maximum atomic E-state index is 12.7. The molecule has 1 saturated heterocycles. The summed E-state index contributed by atoms with van der Waals surface area (Å²) in [7, 11) is 0. The Morgan fingerprint density at radius 2 is 1.93 bits per heavy atom. The highest BCUT2D eigenvalue weighted by atomic mass is 16.3. The Bertz CT molecular complexity index is 1000. The van der Waals surface area contributed by atoms with E-state index in [0.29, 0.717) is 18.8 Å². The number of aliphatic hydroxyl groups is 1. The number of hydrogen-bond acceptors (Lipinski definition) is 3. The van der Waals surface area contributed by atoms with Gasteiger partial charge >= 0.3 is 0 Å². The lowest BCUT2D eigenvalue weighted by Crippen LogP contribution is -2.29. The molecule has 148 valence electrons. The van der Waals surface area contributed by atoms with Gasteiger partial charge in [-0.2, -0.15) is 0 Å². The van der Waals surface area contributed by atoms with E-state index in [9.17, 15) is 9.90 Å². The maximum Gasteiger partial charge on any atom is 0.272 e. The van der Waals surface area contributed by atoms with Crippen molar-refractivity contribution in [3.63, 3.8) is 0 Å². The van der Waals surface area contributed by atoms with E-state index in [4.69, 9.17) is 0 Å². The number of likely N-dealkylation sites (tertiary alicyclic amines) is 1. The van der Waals surface area contributed by atoms with Crippen LogP contribution < -0.4 is 0 Å². The zero-order valence-corrected chi connectivity index (χ0v) is 16.7. The molecular weight excluding hydrogens is 360 g/mol. The molecule has 2 aromatic carbocycles. The SMILES string of the molecule is CCc1ccccc1-c1ccc(C2CCN(C(=O)c3ccccn3)C2)c(CO)c1. The van der Waals surface area contributed by atoms with Crippen molar-refractivity contribution >= 4 is 5.91 Å². The summed E-state index contributed by atoms with van der Waals surface area (Å²) < 4.78 is 0. The summed E-state index contributed by atoms with van der Waals surface area (Å²) in [6, 6.07) is 20.2. The minimum Gasteiger partial charge on any atom is -0.392 e. The molecule has 1 aromatic heterocycles. The van der Waals surface area contributed by atoms with Crippen molar-refractivity contribution in [3.05, 3.63) is 89.2 Å². The molecule has 29 heavy (non-hydrogen) atoms. The highest BCUT2D eigenvalue weighted by Gasteiger charge is 2.29. The van der Waals surface area contributed by atoms with E-state index in [1.165, 1.54) is 11.1 Å². The summed E-state index contributed by atoms with van der Waals surface area (Å²) in [5, 5.41) is 10.0. The van der Waals surface area contributed by atoms with Gasteiger partial charge in [0.25, 0.3) is 5.91 Å². The Kier molecular flexibility index (Phi) is 5.72. The van der Waals surface area contributed by atoms with Gasteiger partial charge in [0.2, 0.25) is 0 Å². The van der Waals surface area contributed by atoms with E-state index >= 15 is 0 Å². The van der Waals surface area contributed by atoms with Crippen molar-refractivity contribution < 1.29 is 9.90 Å². The van der Waals surface area contributed by atoms with Gasteiger partial charge in [0.15, 0.2) is 0 Å². The molecule has 1 atom stereocenters. The van der Waals surface area contributed by atoms with Crippen LogP contribution in [0, 0.1) is 0 Å². The fourth-order valence-corrected chi connectivity index (χ4v) is 4.27. The van der Waals surface area contributed by atoms with Gasteiger partial charge in [-0.15, -0.1) is 0 Å². The van der Waals surface area contributed by atoms with E-state index in [1.54, 1.807) is 12.3 Å². The third-order valence-corrected chi connectivity index (χ3v) is 5.82. The van der Waals surface area contributed by atoms with Crippen LogP contribution in [0.25, 0.3) is 11.1 Å². The van der Waals surface area contributed by atoms with Crippen molar-refractivity contribution in [3.8, 4) is 11.1 Å². The largest absolute Gasteiger partial charge is 0.392 e. The summed E-state index contributed by atoms with van der Waals surface area (Å²) in [6.07, 6.45) is 3.52. The van der Waals surface area contributed by atoms with Crippen LogP contribution >= 0.6 is 0 Å². The first kappa shape index (κ1) is 19.3. The van der Waals surface area contributed by atoms with Gasteiger partial charge in [-0.25, -0.2) is 0 Å². The highest BCUT2D eigenvalue weighted by molar-refractivity contribution is 5.92. The second-order valence-electron chi connectivity index (χ2n) is 7.53. The highest BCUT2D eigenvalue weighted by Crippen LogP contribution is 2.34. The molecule has 0 radical (unpaired) electrons. The molecule has 0 aliphatic carbocycles. The van der Waals surface area contributed by atoms with Crippen LogP contribution in [0.5, 0.6) is 0 Å². The molecule has 0 saturated carbocycles. The van der Waals surface area contributed by atoms with Crippen molar-refractivity contribution in [2.24, 2.45) is 0 Å². The number of amides is 1. The van der Waals surface area contributed by atoms with Crippen molar-refractivity contribution in [2.75, 3.05) is 13.1 Å². The van der Waals surface area contributed by atoms with Crippen LogP contribution in [0.15, 0.2) is 66.9 Å². The number of benzene rings is 2. The molecule has 1 unspecified atom stereocenters. The fourth-order valence-electron chi connectivity index (χ4n) is 4.27. The number of rotatable bonds is 5. The Labute approximate surface area is 171 Å². The van der Waals surface area contributed by atoms with E-state index in [-0.39, 0.29) is 18.4 Å². The summed E-state index contributed by atoms with van der Waals surface area (Å²) in [4.78, 5) is 18.8. The van der Waals surface area contributed by atoms with Crippen LogP contribution in [0.1, 0.15) is 46.4 Å². The molecule has 1 aliphatic rings. The normalized spacial score (nSPS) is 16.2. The van der Waals surface area contributed by atoms with Crippen LogP contribution in [-0.2, 0) is 13.0 Å². The molecule has 4 rings (SSSR count). The molecule has 3 aromatic rings. The smallest absolute Gasteiger partial charge is 0.272 e. The first-order valence-corrected chi connectivity index (χ1v) is 10.2. The molecule has 2 heterocycles. The van der Waals surface area contributed by atoms with Crippen molar-refractivity contribution in [1.29, 1.82) is 0 Å². The summed E-state index contributed by atoms with van der Waals surface area (Å²) in [5.74, 6) is 0.215. The lowest BCUT2D eigenvalue weighted by Gasteiger charge is -2.19. The quantitative estimate of drug-likeness (QED) is 0.706. The van der Waals surface area contributed by atoms with Crippen LogP contribution in [0.2, 0.25) is 0 Å². The maximum absolute atomic E-state index is 12.7. The molecule has 0 spiro atoms. The van der Waals surface area contributed by atoms with Gasteiger partial charge in [-0.1, -0.05) is 49.4 Å². The van der Waals surface area contributed by atoms with Gasteiger partial charge in [-0.3, -0.25) is 9.78 Å². The number of aryl methyl sites for hydroxylation is 1. The van der Waals surface area contributed by atoms with E-state index < -0.39 is 0 Å². The zero-order valence-electron chi connectivity index (χ0n) is 16.7. The summed E-state index contributed by atoms with van der Waals surface area (Å²) >= 11 is 0. The first-order valence-electron chi connectivity index (χ1n) is 10.2. The standard InChI is InChI=1S/C25H26N2O2/c1-2-18-7-3-4-8-22(18)19-10-11-23(21(15-19)17-28)20-12-14-27(16-20)25(29)24-9-5-6-13-26-24/h3-11,13,15,20,28H,2,12,14,16-17H2,1H3. The average Bonchev–Trinajstić information content (AvgIpc) is 3.28. The number of pyridine rings is 1. The number of carbonyl (C=O) groups excluding carboxylic acids is 1. The Hall–Kier alpha value is -2.98. The second kappa shape index (κ2) is 8.58. The Morgan fingerprint density at radius 1 is 1.10 bits per heavy atom. The van der Waals surface area contributed by atoms with Crippen LogP contribution in [0.4, 0.5) is 0 Å². The Morgan fingerprint density at radius 3 is 2.69 bits per heavy atom. The van der Waals surface area contributed by atoms with Gasteiger partial charge in [-0.05, 0) is 58.9 Å². The first-order chi connectivity index (χ1) is 14.2. The number of nitrogens with zero attached hydrogens (tertiary/aromatic N) is 2. The summed E-state index contributed by atoms with van der Waals surface area (Å²) in [5.41, 5.74) is 6.23. The monoisotopic (exact) mass is 386 g/mol. The second-order valence-corrected chi connectivity index (χ2v) is 7.53. The van der Waals surface area contributed by atoms with Crippen molar-refractivity contribution in [2.45, 2.75) is 32.3 Å². The molecule has 1 aliphatic heterocycles. The molecule has 1 N–H and O–H groups in total. The number of aromatic nitrogens is 1. The van der Waals surface area contributed by atoms with Gasteiger partial charge < -0.3 is 10.0 Å². The molecule has 0 bridgehead atoms. The molecule has 4 heteroatoms. The zero-order chi connectivity index (χ0) is 20.2. The predicted molar refractivity (Wildman–Crippen MR) is 115 cm³/mol. The van der Waals surface area contributed by atoms with Gasteiger partial charge in [0, 0.05) is 25.2 Å². The number of aliphatic hydroxyl groups excluding tert-OH is 1. The third-order valence-electron chi connectivity index (χ3n) is 5.82. The molecular formula is C25H26N2O2. The van der Waals surface area contributed by atoms with Gasteiger partial charge in [0.1, 0.15) is 5.69 Å². The number of hydrogen-bond donors (Lipinski definition) is 1. The minimum absolute atomic E-state index is 0.00214. The van der Waals surface area contributed by atoms with Crippen molar-refractivity contribution in [1.82, 2.24) is 9.88 Å². The van der Waals surface area contributed by atoms with Gasteiger partial charge in [0.05, 0.1) is 6.61 Å². The minimum atomic E-state index is -0.0212. The predicted octanol–water partition coefficient (Wildman–Crippen LogP) is 4.43. The average molecular weight is 386 g/mol.